The minimum absolute atomic E-state index is 0.0920. The van der Waals surface area contributed by atoms with Gasteiger partial charge < -0.3 is 63.8 Å². The van der Waals surface area contributed by atoms with Crippen molar-refractivity contribution < 1.29 is 63.8 Å². The van der Waals surface area contributed by atoms with Gasteiger partial charge in [-0.25, -0.2) is 0 Å². The number of methoxy groups -OCH3 is 1. The maximum Gasteiger partial charge on any atom is 0.239 e. The van der Waals surface area contributed by atoms with Gasteiger partial charge in [0.05, 0.1) is 19.8 Å². The first kappa shape index (κ1) is 33.6. The van der Waals surface area contributed by atoms with Crippen molar-refractivity contribution in [3.05, 3.63) is 57.8 Å². The number of rotatable bonds is 8. The Balaban J connectivity index is 1.65. The summed E-state index contributed by atoms with van der Waals surface area (Å²) in [6.07, 6.45) is -11.9. The van der Waals surface area contributed by atoms with Crippen LogP contribution in [0.1, 0.15) is 26.3 Å². The molecule has 14 heteroatoms. The van der Waals surface area contributed by atoms with Crippen molar-refractivity contribution in [2.24, 2.45) is 0 Å². The summed E-state index contributed by atoms with van der Waals surface area (Å²) in [7, 11) is 1.48. The molecule has 14 nitrogen and oxygen atoms in total. The third-order valence-corrected chi connectivity index (χ3v) is 8.01. The first-order valence-electron chi connectivity index (χ1n) is 14.6. The second-order valence-corrected chi connectivity index (χ2v) is 11.6. The molecular formula is C32H38O14. The molecule has 2 aliphatic heterocycles. The van der Waals surface area contributed by atoms with E-state index in [1.165, 1.54) is 14.0 Å². The van der Waals surface area contributed by atoms with Crippen molar-refractivity contribution in [3.63, 3.8) is 0 Å². The molecule has 0 radical (unpaired) electrons. The molecule has 0 saturated carbocycles. The molecule has 2 saturated heterocycles. The van der Waals surface area contributed by atoms with Gasteiger partial charge in [0.2, 0.25) is 17.5 Å². The van der Waals surface area contributed by atoms with E-state index in [0.717, 1.165) is 11.6 Å². The number of hydrogen-bond donors (Lipinski definition) is 7. The Morgan fingerprint density at radius 2 is 1.65 bits per heavy atom. The molecule has 0 amide bonds. The fraction of sp³-hybridized carbons (Fsp3) is 0.469. The van der Waals surface area contributed by atoms with E-state index in [2.05, 4.69) is 0 Å². The Morgan fingerprint density at radius 3 is 2.30 bits per heavy atom. The normalized spacial score (nSPS) is 29.8. The largest absolute Gasteiger partial charge is 0.507 e. The molecule has 5 rings (SSSR count). The molecule has 2 fully saturated rings. The molecule has 3 aromatic rings. The SMILES string of the molecule is COc1ccc(-c2oc3c(CC=C(C)C)c(O)cc(O)c3c(=O)c2O[C@H]2O[C@@H](C)[C@H](O)[C@@H](O)[C@H]2O[C@@H]2OC[C@@H](O)[C@H](O)[C@H]2O)cc1. The van der Waals surface area contributed by atoms with Crippen LogP contribution in [-0.2, 0) is 20.6 Å². The number of aliphatic hydroxyl groups is 5. The first-order valence-corrected chi connectivity index (χ1v) is 14.6. The molecule has 1 aromatic heterocycles. The van der Waals surface area contributed by atoms with Gasteiger partial charge in [-0.1, -0.05) is 11.6 Å². The van der Waals surface area contributed by atoms with Gasteiger partial charge in [0.25, 0.3) is 0 Å². The predicted octanol–water partition coefficient (Wildman–Crippen LogP) is 1.06. The molecular weight excluding hydrogens is 608 g/mol. The summed E-state index contributed by atoms with van der Waals surface area (Å²) in [5.74, 6) is -0.982. The van der Waals surface area contributed by atoms with Gasteiger partial charge in [-0.05, 0) is 51.5 Å². The lowest BCUT2D eigenvalue weighted by Gasteiger charge is -2.44. The summed E-state index contributed by atoms with van der Waals surface area (Å²) in [6, 6.07) is 7.42. The minimum atomic E-state index is -1.75. The molecule has 2 aliphatic rings. The van der Waals surface area contributed by atoms with E-state index in [4.69, 9.17) is 28.1 Å². The van der Waals surface area contributed by atoms with Crippen molar-refractivity contribution in [1.82, 2.24) is 0 Å². The van der Waals surface area contributed by atoms with Crippen LogP contribution in [0, 0.1) is 0 Å². The third kappa shape index (κ3) is 6.43. The van der Waals surface area contributed by atoms with E-state index in [9.17, 15) is 40.5 Å². The fourth-order valence-electron chi connectivity index (χ4n) is 5.32. The van der Waals surface area contributed by atoms with Crippen LogP contribution < -0.4 is 14.9 Å². The zero-order valence-corrected chi connectivity index (χ0v) is 25.6. The minimum Gasteiger partial charge on any atom is -0.507 e. The highest BCUT2D eigenvalue weighted by Gasteiger charge is 2.49. The molecule has 9 atom stereocenters. The summed E-state index contributed by atoms with van der Waals surface area (Å²) in [4.78, 5) is 14.2. The maximum atomic E-state index is 14.2. The van der Waals surface area contributed by atoms with Gasteiger partial charge in [0.1, 0.15) is 58.7 Å². The maximum absolute atomic E-state index is 14.2. The predicted molar refractivity (Wildman–Crippen MR) is 161 cm³/mol. The molecule has 0 bridgehead atoms. The number of ether oxygens (including phenoxy) is 5. The number of phenolic OH excluding ortho intramolecular Hbond substituents is 2. The molecule has 7 N–H and O–H groups in total. The topological polar surface area (TPSA) is 218 Å². The van der Waals surface area contributed by atoms with Crippen LogP contribution in [-0.4, -0.2) is 105 Å². The second kappa shape index (κ2) is 13.6. The molecule has 0 unspecified atom stereocenters. The highest BCUT2D eigenvalue weighted by Crippen LogP contribution is 2.40. The van der Waals surface area contributed by atoms with E-state index < -0.39 is 78.8 Å². The van der Waals surface area contributed by atoms with Crippen LogP contribution in [0.4, 0.5) is 0 Å². The number of aromatic hydroxyl groups is 2. The van der Waals surface area contributed by atoms with E-state index in [1.807, 2.05) is 19.9 Å². The van der Waals surface area contributed by atoms with Gasteiger partial charge >= 0.3 is 0 Å². The summed E-state index contributed by atoms with van der Waals surface area (Å²) in [6.45, 7) is 4.76. The lowest BCUT2D eigenvalue weighted by molar-refractivity contribution is -0.341. The molecule has 2 aromatic carbocycles. The number of aliphatic hydroxyl groups excluding tert-OH is 5. The Hall–Kier alpha value is -3.73. The van der Waals surface area contributed by atoms with Crippen LogP contribution in [0.2, 0.25) is 0 Å². The van der Waals surface area contributed by atoms with E-state index in [0.29, 0.717) is 11.3 Å². The van der Waals surface area contributed by atoms with Crippen LogP contribution in [0.3, 0.4) is 0 Å². The monoisotopic (exact) mass is 646 g/mol. The number of hydrogen-bond acceptors (Lipinski definition) is 14. The van der Waals surface area contributed by atoms with Gasteiger partial charge in [0, 0.05) is 17.2 Å². The second-order valence-electron chi connectivity index (χ2n) is 11.6. The van der Waals surface area contributed by atoms with Crippen LogP contribution >= 0.6 is 0 Å². The van der Waals surface area contributed by atoms with Crippen molar-refractivity contribution in [2.75, 3.05) is 13.7 Å². The Kier molecular flexibility index (Phi) is 9.91. The fourth-order valence-corrected chi connectivity index (χ4v) is 5.32. The smallest absolute Gasteiger partial charge is 0.239 e. The van der Waals surface area contributed by atoms with Crippen LogP contribution in [0.15, 0.2) is 51.2 Å². The summed E-state index contributed by atoms with van der Waals surface area (Å²) in [5.41, 5.74) is 0.550. The van der Waals surface area contributed by atoms with E-state index in [1.54, 1.807) is 24.3 Å². The third-order valence-electron chi connectivity index (χ3n) is 8.01. The van der Waals surface area contributed by atoms with Crippen molar-refractivity contribution in [2.45, 2.75) is 82.5 Å². The zero-order valence-electron chi connectivity index (χ0n) is 25.6. The summed E-state index contributed by atoms with van der Waals surface area (Å²) in [5, 5.41) is 73.3. The average Bonchev–Trinajstić information content (AvgIpc) is 3.02. The summed E-state index contributed by atoms with van der Waals surface area (Å²) < 4.78 is 34.5. The molecule has 3 heterocycles. The van der Waals surface area contributed by atoms with Crippen molar-refractivity contribution in [1.29, 1.82) is 0 Å². The lowest BCUT2D eigenvalue weighted by atomic mass is 9.99. The molecule has 46 heavy (non-hydrogen) atoms. The first-order chi connectivity index (χ1) is 21.8. The molecule has 0 spiro atoms. The number of fused-ring (bicyclic) bond motifs is 1. The zero-order chi connectivity index (χ0) is 33.4. The highest BCUT2D eigenvalue weighted by atomic mass is 16.8. The van der Waals surface area contributed by atoms with Crippen molar-refractivity contribution >= 4 is 11.0 Å². The van der Waals surface area contributed by atoms with E-state index in [-0.39, 0.29) is 34.5 Å². The summed E-state index contributed by atoms with van der Waals surface area (Å²) >= 11 is 0. The Labute approximate surface area is 263 Å². The Morgan fingerprint density at radius 1 is 0.957 bits per heavy atom. The number of phenols is 2. The van der Waals surface area contributed by atoms with Gasteiger partial charge in [0.15, 0.2) is 18.2 Å². The number of benzene rings is 2. The van der Waals surface area contributed by atoms with Gasteiger partial charge in [-0.2, -0.15) is 0 Å². The number of allylic oxidation sites excluding steroid dienone is 2. The standard InChI is InChI=1S/C32H38O14/c1-13(2)5-10-17-18(33)11-19(34)21-24(38)29(27(44-28(17)21)15-6-8-16(41-4)9-7-15)45-32-30(25(39)22(36)14(3)43-32)46-31-26(40)23(37)20(35)12-42-31/h5-9,11,14,20,22-23,25-26,30-37,39-40H,10,12H2,1-4H3/t14-,20+,22-,23-,25+,26+,30+,31-,32+/m0/s1. The quantitative estimate of drug-likeness (QED) is 0.170. The molecule has 250 valence electrons. The van der Waals surface area contributed by atoms with Crippen LogP contribution in [0.25, 0.3) is 22.3 Å². The van der Waals surface area contributed by atoms with Crippen LogP contribution in [0.5, 0.6) is 23.0 Å². The van der Waals surface area contributed by atoms with Crippen molar-refractivity contribution in [3.8, 4) is 34.3 Å². The van der Waals surface area contributed by atoms with Gasteiger partial charge in [-0.15, -0.1) is 0 Å². The Bertz CT molecular complexity index is 1630. The highest BCUT2D eigenvalue weighted by molar-refractivity contribution is 5.91. The van der Waals surface area contributed by atoms with Gasteiger partial charge in [-0.3, -0.25) is 4.79 Å². The van der Waals surface area contributed by atoms with E-state index >= 15 is 0 Å². The molecule has 0 aliphatic carbocycles. The average molecular weight is 647 g/mol. The lowest BCUT2D eigenvalue weighted by Crippen LogP contribution is -2.62.